The van der Waals surface area contributed by atoms with E-state index in [2.05, 4.69) is 25.8 Å². The molecule has 4 fully saturated rings. The second kappa shape index (κ2) is 15.6. The fourth-order valence-electron chi connectivity index (χ4n) is 10.5. The van der Waals surface area contributed by atoms with Gasteiger partial charge in [0.15, 0.2) is 0 Å². The number of alkyl halides is 3. The zero-order chi connectivity index (χ0) is 42.8. The van der Waals surface area contributed by atoms with Crippen molar-refractivity contribution < 1.29 is 41.9 Å². The number of fused-ring (bicyclic) bond motifs is 2. The van der Waals surface area contributed by atoms with Gasteiger partial charge in [0.25, 0.3) is 17.7 Å². The van der Waals surface area contributed by atoms with Gasteiger partial charge >= 0.3 is 6.18 Å². The number of benzene rings is 2. The van der Waals surface area contributed by atoms with Crippen LogP contribution in [0.3, 0.4) is 0 Å². The fraction of sp³-hybridized carbons (Fsp3) is 0.477. The van der Waals surface area contributed by atoms with Gasteiger partial charge in [0.2, 0.25) is 11.8 Å². The number of aromatic nitrogens is 3. The van der Waals surface area contributed by atoms with Gasteiger partial charge in [0.1, 0.15) is 29.0 Å². The van der Waals surface area contributed by atoms with Crippen LogP contribution in [-0.4, -0.2) is 93.2 Å². The molecule has 3 aliphatic heterocycles. The molecule has 1 spiro atoms. The molecule has 5 amide bonds. The summed E-state index contributed by atoms with van der Waals surface area (Å²) in [5, 5.41) is 8.30. The minimum atomic E-state index is -4.67. The van der Waals surface area contributed by atoms with Crippen molar-refractivity contribution in [2.45, 2.75) is 75.9 Å². The van der Waals surface area contributed by atoms with Gasteiger partial charge < -0.3 is 24.8 Å². The number of imide groups is 2. The number of methoxy groups -OCH3 is 1. The van der Waals surface area contributed by atoms with Crippen LogP contribution in [0.2, 0.25) is 0 Å². The number of anilines is 2. The number of nitrogens with zero attached hydrogens (tertiary/aromatic N) is 5. The van der Waals surface area contributed by atoms with Crippen molar-refractivity contribution >= 4 is 51.9 Å². The summed E-state index contributed by atoms with van der Waals surface area (Å²) in [7, 11) is 3.41. The summed E-state index contributed by atoms with van der Waals surface area (Å²) in [4.78, 5) is 75.7. The Morgan fingerprint density at radius 2 is 1.69 bits per heavy atom. The second-order valence-corrected chi connectivity index (χ2v) is 17.5. The lowest BCUT2D eigenvalue weighted by molar-refractivity contribution is -0.141. The monoisotopic (exact) mass is 840 g/mol. The van der Waals surface area contributed by atoms with E-state index in [-0.39, 0.29) is 35.6 Å². The Bertz CT molecular complexity index is 2450. The van der Waals surface area contributed by atoms with Crippen LogP contribution in [0, 0.1) is 17.3 Å². The zero-order valence-corrected chi connectivity index (χ0v) is 33.9. The molecule has 1 unspecified atom stereocenters. The standard InChI is InChI=1S/C44H47F3N8O6/c1-53-33-17-31(51-39(57)29-7-4-8-35(49-29)44(45,46)47)34(61-2)18-30(33)50-38(53)26-11-9-24(10-12-26)21-54-22-43(23-54)19-25(20-43)15-16-48-28-6-3-5-27-37(28)42(60)55(41(27)59)32-13-14-36(56)52-40(32)58/h3-8,17-18,24-26,32,48H,9-16,19-23H2,1-2H3,(H,51,57)(H,52,56,58). The Kier molecular flexibility index (Phi) is 10.4. The Labute approximate surface area is 349 Å². The number of carbonyl (C=O) groups is 5. The van der Waals surface area contributed by atoms with E-state index in [1.165, 1.54) is 26.0 Å². The highest BCUT2D eigenvalue weighted by molar-refractivity contribution is 6.25. The number of imidazole rings is 1. The molecule has 5 heterocycles. The molecular formula is C44H47F3N8O6. The molecule has 0 radical (unpaired) electrons. The Hall–Kier alpha value is -5.84. The highest BCUT2D eigenvalue weighted by Gasteiger charge is 2.52. The molecular weight excluding hydrogens is 794 g/mol. The molecule has 2 aromatic heterocycles. The number of rotatable bonds is 11. The zero-order valence-electron chi connectivity index (χ0n) is 33.9. The first-order chi connectivity index (χ1) is 29.2. The van der Waals surface area contributed by atoms with Crippen molar-refractivity contribution in [2.24, 2.45) is 24.3 Å². The van der Waals surface area contributed by atoms with Gasteiger partial charge in [-0.05, 0) is 98.9 Å². The Morgan fingerprint density at radius 3 is 2.41 bits per heavy atom. The van der Waals surface area contributed by atoms with Crippen LogP contribution in [0.15, 0.2) is 48.5 Å². The molecule has 2 saturated carbocycles. The molecule has 9 rings (SSSR count). The number of aryl methyl sites for hydroxylation is 1. The molecule has 0 bridgehead atoms. The van der Waals surface area contributed by atoms with Gasteiger partial charge in [0.05, 0.1) is 35.0 Å². The van der Waals surface area contributed by atoms with Gasteiger partial charge in [-0.3, -0.25) is 34.2 Å². The number of nitrogens with one attached hydrogen (secondary N) is 3. The van der Waals surface area contributed by atoms with Crippen molar-refractivity contribution in [2.75, 3.05) is 43.9 Å². The van der Waals surface area contributed by atoms with Crippen molar-refractivity contribution in [1.82, 2.24) is 29.7 Å². The molecule has 17 heteroatoms. The number of hydrogen-bond donors (Lipinski definition) is 3. The molecule has 3 N–H and O–H groups in total. The first-order valence-electron chi connectivity index (χ1n) is 20.9. The third-order valence-corrected chi connectivity index (χ3v) is 13.4. The molecule has 320 valence electrons. The van der Waals surface area contributed by atoms with E-state index in [0.717, 1.165) is 80.1 Å². The number of hydrogen-bond acceptors (Lipinski definition) is 10. The number of likely N-dealkylation sites (tertiary alicyclic amines) is 1. The topological polar surface area (TPSA) is 168 Å². The number of amides is 5. The number of pyridine rings is 1. The summed E-state index contributed by atoms with van der Waals surface area (Å²) >= 11 is 0. The molecule has 2 aromatic carbocycles. The number of ether oxygens (including phenoxy) is 1. The third-order valence-electron chi connectivity index (χ3n) is 13.4. The van der Waals surface area contributed by atoms with E-state index >= 15 is 0 Å². The van der Waals surface area contributed by atoms with Gasteiger partial charge in [-0.1, -0.05) is 12.1 Å². The predicted octanol–water partition coefficient (Wildman–Crippen LogP) is 6.14. The highest BCUT2D eigenvalue weighted by Crippen LogP contribution is 2.53. The normalized spacial score (nSPS) is 22.8. The second-order valence-electron chi connectivity index (χ2n) is 17.5. The maximum Gasteiger partial charge on any atom is 0.433 e. The Balaban J connectivity index is 0.730. The molecule has 2 aliphatic carbocycles. The molecule has 5 aliphatic rings. The highest BCUT2D eigenvalue weighted by atomic mass is 19.4. The van der Waals surface area contributed by atoms with Crippen molar-refractivity contribution in [3.8, 4) is 5.75 Å². The fourth-order valence-corrected chi connectivity index (χ4v) is 10.5. The third kappa shape index (κ3) is 7.61. The smallest absolute Gasteiger partial charge is 0.433 e. The van der Waals surface area contributed by atoms with E-state index in [0.29, 0.717) is 46.4 Å². The lowest BCUT2D eigenvalue weighted by Gasteiger charge is -2.60. The van der Waals surface area contributed by atoms with Crippen LogP contribution in [0.1, 0.15) is 106 Å². The molecule has 61 heavy (non-hydrogen) atoms. The minimum Gasteiger partial charge on any atom is -0.494 e. The van der Waals surface area contributed by atoms with Gasteiger partial charge in [-0.25, -0.2) is 9.97 Å². The summed E-state index contributed by atoms with van der Waals surface area (Å²) in [5.41, 5.74) is 1.84. The van der Waals surface area contributed by atoms with E-state index < -0.39 is 47.4 Å². The quantitative estimate of drug-likeness (QED) is 0.149. The molecule has 1 atom stereocenters. The summed E-state index contributed by atoms with van der Waals surface area (Å²) < 4.78 is 47.2. The van der Waals surface area contributed by atoms with Crippen LogP contribution in [0.5, 0.6) is 5.75 Å². The average Bonchev–Trinajstić information content (AvgIpc) is 3.66. The Morgan fingerprint density at radius 1 is 0.934 bits per heavy atom. The van der Waals surface area contributed by atoms with Crippen molar-refractivity contribution in [3.05, 3.63) is 76.9 Å². The van der Waals surface area contributed by atoms with Crippen LogP contribution in [0.4, 0.5) is 24.5 Å². The van der Waals surface area contributed by atoms with Crippen molar-refractivity contribution in [3.63, 3.8) is 0 Å². The predicted molar refractivity (Wildman–Crippen MR) is 217 cm³/mol. The summed E-state index contributed by atoms with van der Waals surface area (Å²) in [6.07, 6.45) is 3.06. The first-order valence-corrected chi connectivity index (χ1v) is 20.9. The van der Waals surface area contributed by atoms with E-state index in [4.69, 9.17) is 9.72 Å². The van der Waals surface area contributed by atoms with Crippen LogP contribution >= 0.6 is 0 Å². The number of piperidine rings is 1. The van der Waals surface area contributed by atoms with Crippen LogP contribution in [-0.2, 0) is 22.8 Å². The number of halogens is 3. The largest absolute Gasteiger partial charge is 0.494 e. The van der Waals surface area contributed by atoms with Crippen molar-refractivity contribution in [1.29, 1.82) is 0 Å². The van der Waals surface area contributed by atoms with Crippen LogP contribution in [0.25, 0.3) is 11.0 Å². The lowest BCUT2D eigenvalue weighted by atomic mass is 9.57. The van der Waals surface area contributed by atoms with E-state index in [9.17, 15) is 37.1 Å². The van der Waals surface area contributed by atoms with Crippen LogP contribution < -0.4 is 20.7 Å². The van der Waals surface area contributed by atoms with E-state index in [1.54, 1.807) is 30.3 Å². The van der Waals surface area contributed by atoms with Gasteiger partial charge in [0, 0.05) is 57.3 Å². The summed E-state index contributed by atoms with van der Waals surface area (Å²) in [5.74, 6) is -0.0351. The minimum absolute atomic E-state index is 0.0782. The van der Waals surface area contributed by atoms with Gasteiger partial charge in [-0.2, -0.15) is 13.2 Å². The first kappa shape index (κ1) is 40.6. The molecule has 2 saturated heterocycles. The average molecular weight is 841 g/mol. The van der Waals surface area contributed by atoms with Gasteiger partial charge in [-0.15, -0.1) is 0 Å². The molecule has 4 aromatic rings. The summed E-state index contributed by atoms with van der Waals surface area (Å²) in [6, 6.07) is 10.8. The maximum atomic E-state index is 13.4. The maximum absolute atomic E-state index is 13.4. The number of carbonyl (C=O) groups excluding carboxylic acids is 5. The SMILES string of the molecule is COc1cc2nc(C3CCC(CN4CC5(CC(CCNc6cccc7c6C(=O)N(C6CCC(=O)NC6=O)C7=O)C5)C4)CC3)n(C)c2cc1NC(=O)c1cccc(C(F)(F)F)n1. The lowest BCUT2D eigenvalue weighted by Crippen LogP contribution is -2.63. The summed E-state index contributed by atoms with van der Waals surface area (Å²) in [6.45, 7) is 3.99. The van der Waals surface area contributed by atoms with E-state index in [1.807, 2.05) is 11.6 Å². The molecule has 14 nitrogen and oxygen atoms in total.